The van der Waals surface area contributed by atoms with Crippen LogP contribution >= 0.6 is 0 Å². The Morgan fingerprint density at radius 2 is 2.00 bits per heavy atom. The highest BCUT2D eigenvalue weighted by molar-refractivity contribution is 4.75. The number of hydrogen-bond donors (Lipinski definition) is 2. The molecule has 1 saturated heterocycles. The second-order valence-corrected chi connectivity index (χ2v) is 4.62. The van der Waals surface area contributed by atoms with Crippen LogP contribution in [0, 0.1) is 0 Å². The largest absolute Gasteiger partial charge is 0.395 e. The normalized spacial score (nSPS) is 32.6. The minimum Gasteiger partial charge on any atom is -0.395 e. The van der Waals surface area contributed by atoms with Crippen LogP contribution in [0.1, 0.15) is 33.6 Å². The third kappa shape index (κ3) is 4.78. The zero-order valence-corrected chi connectivity index (χ0v) is 10.6. The topological polar surface area (TPSA) is 50.7 Å². The molecule has 0 aromatic carbocycles. The van der Waals surface area contributed by atoms with Gasteiger partial charge in [0.05, 0.1) is 37.6 Å². The molecule has 1 aliphatic rings. The molecule has 1 rings (SSSR count). The minimum absolute atomic E-state index is 0.0541. The fraction of sp³-hybridized carbons (Fsp3) is 1.00. The number of rotatable bonds is 6. The van der Waals surface area contributed by atoms with Crippen molar-refractivity contribution in [2.24, 2.45) is 0 Å². The Bertz CT molecular complexity index is 179. The van der Waals surface area contributed by atoms with Crippen LogP contribution in [-0.2, 0) is 9.47 Å². The number of ether oxygens (including phenoxy) is 2. The highest BCUT2D eigenvalue weighted by Gasteiger charge is 2.25. The highest BCUT2D eigenvalue weighted by Crippen LogP contribution is 2.21. The van der Waals surface area contributed by atoms with E-state index in [9.17, 15) is 0 Å². The first-order valence-corrected chi connectivity index (χ1v) is 6.27. The predicted octanol–water partition coefficient (Wildman–Crippen LogP) is 0.929. The van der Waals surface area contributed by atoms with Crippen LogP contribution in [0.5, 0.6) is 0 Å². The van der Waals surface area contributed by atoms with Crippen LogP contribution in [0.2, 0.25) is 0 Å². The second kappa shape index (κ2) is 7.22. The van der Waals surface area contributed by atoms with E-state index in [0.717, 1.165) is 19.4 Å². The molecule has 0 aromatic rings. The van der Waals surface area contributed by atoms with Gasteiger partial charge in [-0.1, -0.05) is 6.92 Å². The van der Waals surface area contributed by atoms with E-state index in [-0.39, 0.29) is 31.0 Å². The van der Waals surface area contributed by atoms with Gasteiger partial charge in [0.2, 0.25) is 0 Å². The molecule has 4 nitrogen and oxygen atoms in total. The molecule has 0 bridgehead atoms. The molecule has 0 spiro atoms. The molecular formula is C12H25NO3. The van der Waals surface area contributed by atoms with Crippen molar-refractivity contribution in [3.05, 3.63) is 0 Å². The van der Waals surface area contributed by atoms with E-state index in [1.54, 1.807) is 0 Å². The lowest BCUT2D eigenvalue weighted by atomic mass is 10.0. The van der Waals surface area contributed by atoms with Crippen LogP contribution < -0.4 is 5.32 Å². The van der Waals surface area contributed by atoms with E-state index < -0.39 is 0 Å². The number of likely N-dealkylation sites (N-methyl/N-ethyl adjacent to an activating group) is 1. The Balaban J connectivity index is 2.25. The summed E-state index contributed by atoms with van der Waals surface area (Å²) in [6.45, 7) is 7.76. The fourth-order valence-electron chi connectivity index (χ4n) is 2.20. The molecule has 0 radical (unpaired) electrons. The van der Waals surface area contributed by atoms with Gasteiger partial charge < -0.3 is 19.9 Å². The summed E-state index contributed by atoms with van der Waals surface area (Å²) in [6, 6.07) is 0.0541. The van der Waals surface area contributed by atoms with Gasteiger partial charge in [0.1, 0.15) is 0 Å². The molecule has 0 saturated carbocycles. The summed E-state index contributed by atoms with van der Waals surface area (Å²) in [4.78, 5) is 0. The van der Waals surface area contributed by atoms with Crippen molar-refractivity contribution in [1.29, 1.82) is 0 Å². The molecule has 2 N–H and O–H groups in total. The maximum absolute atomic E-state index is 9.12. The summed E-state index contributed by atoms with van der Waals surface area (Å²) < 4.78 is 11.5. The van der Waals surface area contributed by atoms with Crippen LogP contribution in [-0.4, -0.2) is 49.2 Å². The molecule has 0 amide bonds. The van der Waals surface area contributed by atoms with E-state index in [4.69, 9.17) is 14.6 Å². The number of aliphatic hydroxyl groups is 1. The van der Waals surface area contributed by atoms with Crippen LogP contribution in [0.4, 0.5) is 0 Å². The molecule has 1 heterocycles. The summed E-state index contributed by atoms with van der Waals surface area (Å²) in [6.07, 6.45) is 2.73. The van der Waals surface area contributed by atoms with Gasteiger partial charge in [0.15, 0.2) is 0 Å². The molecule has 0 aromatic heterocycles. The number of hydrogen-bond acceptors (Lipinski definition) is 4. The third-order valence-corrected chi connectivity index (χ3v) is 2.90. The van der Waals surface area contributed by atoms with Gasteiger partial charge in [-0.3, -0.25) is 0 Å². The van der Waals surface area contributed by atoms with Crippen molar-refractivity contribution in [3.8, 4) is 0 Å². The van der Waals surface area contributed by atoms with Gasteiger partial charge in [0, 0.05) is 0 Å². The summed E-state index contributed by atoms with van der Waals surface area (Å²) in [7, 11) is 0. The van der Waals surface area contributed by atoms with Gasteiger partial charge in [-0.25, -0.2) is 0 Å². The van der Waals surface area contributed by atoms with E-state index in [1.165, 1.54) is 0 Å². The lowest BCUT2D eigenvalue weighted by molar-refractivity contribution is -0.105. The van der Waals surface area contributed by atoms with E-state index in [0.29, 0.717) is 6.61 Å². The zero-order chi connectivity index (χ0) is 12.0. The maximum atomic E-state index is 9.12. The average Bonchev–Trinajstić information content (AvgIpc) is 2.23. The van der Waals surface area contributed by atoms with E-state index >= 15 is 0 Å². The summed E-state index contributed by atoms with van der Waals surface area (Å²) in [5.74, 6) is 0. The Morgan fingerprint density at radius 1 is 1.38 bits per heavy atom. The van der Waals surface area contributed by atoms with E-state index in [1.807, 2.05) is 6.92 Å². The SMILES string of the molecule is CCNC(CO)COC1CC(C)OC(C)C1. The molecule has 3 unspecified atom stereocenters. The first-order chi connectivity index (χ1) is 7.65. The van der Waals surface area contributed by atoms with E-state index in [2.05, 4.69) is 19.2 Å². The lowest BCUT2D eigenvalue weighted by Crippen LogP contribution is -2.40. The zero-order valence-electron chi connectivity index (χ0n) is 10.6. The smallest absolute Gasteiger partial charge is 0.0645 e. The first kappa shape index (κ1) is 13.9. The monoisotopic (exact) mass is 231 g/mol. The van der Waals surface area contributed by atoms with Crippen molar-refractivity contribution in [2.45, 2.75) is 58.0 Å². The van der Waals surface area contributed by atoms with Crippen molar-refractivity contribution in [2.75, 3.05) is 19.8 Å². The van der Waals surface area contributed by atoms with Crippen LogP contribution in [0.3, 0.4) is 0 Å². The Kier molecular flexibility index (Phi) is 6.28. The Labute approximate surface area is 98.3 Å². The molecule has 96 valence electrons. The van der Waals surface area contributed by atoms with Gasteiger partial charge in [-0.2, -0.15) is 0 Å². The molecule has 1 aliphatic heterocycles. The second-order valence-electron chi connectivity index (χ2n) is 4.62. The first-order valence-electron chi connectivity index (χ1n) is 6.27. The highest BCUT2D eigenvalue weighted by atomic mass is 16.5. The Morgan fingerprint density at radius 3 is 2.50 bits per heavy atom. The molecular weight excluding hydrogens is 206 g/mol. The standard InChI is InChI=1S/C12H25NO3/c1-4-13-11(7-14)8-15-12-5-9(2)16-10(3)6-12/h9-14H,4-8H2,1-3H3. The predicted molar refractivity (Wildman–Crippen MR) is 63.5 cm³/mol. The third-order valence-electron chi connectivity index (χ3n) is 2.90. The average molecular weight is 231 g/mol. The van der Waals surface area contributed by atoms with Crippen LogP contribution in [0.15, 0.2) is 0 Å². The summed E-state index contributed by atoms with van der Waals surface area (Å²) >= 11 is 0. The fourth-order valence-corrected chi connectivity index (χ4v) is 2.20. The molecule has 1 fully saturated rings. The van der Waals surface area contributed by atoms with Crippen molar-refractivity contribution in [1.82, 2.24) is 5.32 Å². The number of aliphatic hydroxyl groups excluding tert-OH is 1. The Hall–Kier alpha value is -0.160. The quantitative estimate of drug-likeness (QED) is 0.714. The molecule has 4 heteroatoms. The summed E-state index contributed by atoms with van der Waals surface area (Å²) in [5.41, 5.74) is 0. The molecule has 16 heavy (non-hydrogen) atoms. The van der Waals surface area contributed by atoms with Crippen molar-refractivity contribution < 1.29 is 14.6 Å². The van der Waals surface area contributed by atoms with Crippen molar-refractivity contribution in [3.63, 3.8) is 0 Å². The minimum atomic E-state index is 0.0541. The van der Waals surface area contributed by atoms with Gasteiger partial charge in [0.25, 0.3) is 0 Å². The van der Waals surface area contributed by atoms with Gasteiger partial charge >= 0.3 is 0 Å². The van der Waals surface area contributed by atoms with Crippen LogP contribution in [0.25, 0.3) is 0 Å². The molecule has 3 atom stereocenters. The molecule has 0 aliphatic carbocycles. The van der Waals surface area contributed by atoms with Crippen molar-refractivity contribution >= 4 is 0 Å². The maximum Gasteiger partial charge on any atom is 0.0645 e. The number of nitrogens with one attached hydrogen (secondary N) is 1. The summed E-state index contributed by atoms with van der Waals surface area (Å²) in [5, 5.41) is 12.3. The van der Waals surface area contributed by atoms with Gasteiger partial charge in [-0.15, -0.1) is 0 Å². The van der Waals surface area contributed by atoms with Gasteiger partial charge in [-0.05, 0) is 33.2 Å². The lowest BCUT2D eigenvalue weighted by Gasteiger charge is -2.32.